The molecule has 4 N–H and O–H groups in total. The number of anilines is 2. The van der Waals surface area contributed by atoms with Gasteiger partial charge in [-0.1, -0.05) is 0 Å². The van der Waals surface area contributed by atoms with E-state index in [0.717, 1.165) is 0 Å². The predicted octanol–water partition coefficient (Wildman–Crippen LogP) is 0.134. The van der Waals surface area contributed by atoms with Crippen LogP contribution < -0.4 is 16.0 Å². The van der Waals surface area contributed by atoms with Crippen LogP contribution in [0.1, 0.15) is 13.3 Å². The number of hydrogen-bond acceptors (Lipinski definition) is 9. The van der Waals surface area contributed by atoms with Gasteiger partial charge in [0.05, 0.1) is 20.0 Å². The smallest absolute Gasteiger partial charge is 0.328 e. The average Bonchev–Trinajstić information content (AvgIpc) is 3.10. The summed E-state index contributed by atoms with van der Waals surface area (Å²) in [6.07, 6.45) is 3.80. The van der Waals surface area contributed by atoms with Crippen LogP contribution in [0.15, 0.2) is 6.33 Å². The summed E-state index contributed by atoms with van der Waals surface area (Å²) in [4.78, 5) is 50.4. The Balaban J connectivity index is 2.06. The molecule has 0 bridgehead atoms. The van der Waals surface area contributed by atoms with Crippen molar-refractivity contribution < 1.29 is 19.1 Å². The maximum absolute atomic E-state index is 12.2. The van der Waals surface area contributed by atoms with Crippen molar-refractivity contribution in [3.63, 3.8) is 0 Å². The first-order chi connectivity index (χ1) is 12.9. The Morgan fingerprint density at radius 1 is 1.33 bits per heavy atom. The third kappa shape index (κ3) is 5.81. The molecule has 0 aliphatic rings. The van der Waals surface area contributed by atoms with Crippen LogP contribution in [0.25, 0.3) is 11.2 Å². The van der Waals surface area contributed by atoms with Crippen molar-refractivity contribution in [2.45, 2.75) is 19.4 Å². The van der Waals surface area contributed by atoms with Crippen LogP contribution in [-0.2, 0) is 19.1 Å². The van der Waals surface area contributed by atoms with Crippen LogP contribution in [-0.4, -0.2) is 69.4 Å². The number of carbonyl (C=O) groups is 3. The van der Waals surface area contributed by atoms with Crippen molar-refractivity contribution >= 4 is 52.5 Å². The minimum absolute atomic E-state index is 0.0671. The summed E-state index contributed by atoms with van der Waals surface area (Å²) in [7, 11) is 1.28. The first kappa shape index (κ1) is 20.4. The fourth-order valence-corrected chi connectivity index (χ4v) is 2.68. The summed E-state index contributed by atoms with van der Waals surface area (Å²) in [5.74, 6) is -0.160. The monoisotopic (exact) mass is 395 g/mol. The molecule has 0 aliphatic carbocycles. The number of thioether (sulfide) groups is 1. The van der Waals surface area contributed by atoms with Gasteiger partial charge in [0.25, 0.3) is 0 Å². The van der Waals surface area contributed by atoms with E-state index in [0.29, 0.717) is 29.2 Å². The minimum Gasteiger partial charge on any atom is -0.467 e. The number of H-pyrrole nitrogens is 1. The van der Waals surface area contributed by atoms with E-state index in [2.05, 4.69) is 35.9 Å². The molecular formula is C15H21N7O4S. The topological polar surface area (TPSA) is 151 Å². The lowest BCUT2D eigenvalue weighted by molar-refractivity contribution is -0.144. The van der Waals surface area contributed by atoms with Crippen LogP contribution in [0.4, 0.5) is 11.8 Å². The Bertz CT molecular complexity index is 826. The second-order valence-electron chi connectivity index (χ2n) is 5.46. The highest BCUT2D eigenvalue weighted by Gasteiger charge is 2.21. The second kappa shape index (κ2) is 9.71. The number of hydrogen-bond donors (Lipinski definition) is 4. The Kier molecular flexibility index (Phi) is 7.34. The Labute approximate surface area is 159 Å². The molecule has 0 radical (unpaired) electrons. The van der Waals surface area contributed by atoms with Gasteiger partial charge in [-0.05, 0) is 18.4 Å². The van der Waals surface area contributed by atoms with E-state index < -0.39 is 17.9 Å². The van der Waals surface area contributed by atoms with Crippen molar-refractivity contribution in [1.29, 1.82) is 0 Å². The molecule has 1 atom stereocenters. The fraction of sp³-hybridized carbons (Fsp3) is 0.467. The van der Waals surface area contributed by atoms with Crippen LogP contribution in [0, 0.1) is 0 Å². The van der Waals surface area contributed by atoms with Gasteiger partial charge in [-0.2, -0.15) is 21.7 Å². The van der Waals surface area contributed by atoms with Crippen LogP contribution in [0.5, 0.6) is 0 Å². The molecule has 146 valence electrons. The highest BCUT2D eigenvalue weighted by atomic mass is 32.2. The molecule has 0 spiro atoms. The third-order valence-electron chi connectivity index (χ3n) is 3.42. The van der Waals surface area contributed by atoms with Gasteiger partial charge in [0, 0.05) is 6.92 Å². The van der Waals surface area contributed by atoms with Gasteiger partial charge < -0.3 is 20.4 Å². The van der Waals surface area contributed by atoms with Gasteiger partial charge in [-0.25, -0.2) is 9.78 Å². The number of rotatable bonds is 9. The summed E-state index contributed by atoms with van der Waals surface area (Å²) >= 11 is 1.57. The number of aromatic amines is 1. The maximum Gasteiger partial charge on any atom is 0.328 e. The standard InChI is InChI=1S/C15H21N7O4S/c1-8(23)19-15-21-12(11-13(22-15)18-7-17-11)16-6-10(24)20-9(4-5-27-3)14(25)26-2/h7,9H,4-6H2,1-3H3,(H,20,24)(H3,16,17,18,19,21,22,23)/t9-/m0/s1. The SMILES string of the molecule is COC(=O)[C@H](CCSC)NC(=O)CNc1nc(NC(C)=O)nc2nc[nH]c12. The van der Waals surface area contributed by atoms with Gasteiger partial charge >= 0.3 is 5.97 Å². The maximum atomic E-state index is 12.2. The summed E-state index contributed by atoms with van der Waals surface area (Å²) in [5, 5.41) is 7.97. The van der Waals surface area contributed by atoms with E-state index in [1.165, 1.54) is 20.4 Å². The quantitative estimate of drug-likeness (QED) is 0.434. The van der Waals surface area contributed by atoms with Crippen molar-refractivity contribution in [3.8, 4) is 0 Å². The van der Waals surface area contributed by atoms with Crippen molar-refractivity contribution in [2.75, 3.05) is 36.3 Å². The Morgan fingerprint density at radius 2 is 2.11 bits per heavy atom. The molecule has 11 nitrogen and oxygen atoms in total. The summed E-state index contributed by atoms with van der Waals surface area (Å²) < 4.78 is 4.72. The number of amides is 2. The lowest BCUT2D eigenvalue weighted by Gasteiger charge is -2.16. The fourth-order valence-electron chi connectivity index (χ4n) is 2.21. The molecule has 0 aliphatic heterocycles. The van der Waals surface area contributed by atoms with Gasteiger partial charge in [0.15, 0.2) is 11.5 Å². The minimum atomic E-state index is -0.718. The number of methoxy groups -OCH3 is 1. The summed E-state index contributed by atoms with van der Waals surface area (Å²) in [6, 6.07) is -0.718. The molecule has 2 heterocycles. The molecule has 0 unspecified atom stereocenters. The Hall–Kier alpha value is -2.89. The number of nitrogens with one attached hydrogen (secondary N) is 4. The zero-order valence-corrected chi connectivity index (χ0v) is 16.0. The Morgan fingerprint density at radius 3 is 2.78 bits per heavy atom. The first-order valence-electron chi connectivity index (χ1n) is 8.03. The van der Waals surface area contributed by atoms with E-state index in [1.54, 1.807) is 11.8 Å². The lowest BCUT2D eigenvalue weighted by atomic mass is 10.2. The van der Waals surface area contributed by atoms with Crippen LogP contribution in [0.3, 0.4) is 0 Å². The molecule has 12 heteroatoms. The molecule has 2 aromatic heterocycles. The number of carbonyl (C=O) groups excluding carboxylic acids is 3. The van der Waals surface area contributed by atoms with Crippen molar-refractivity contribution in [3.05, 3.63) is 6.33 Å². The zero-order valence-electron chi connectivity index (χ0n) is 15.2. The first-order valence-corrected chi connectivity index (χ1v) is 9.42. The normalized spacial score (nSPS) is 11.7. The van der Waals surface area contributed by atoms with E-state index in [1.807, 2.05) is 6.26 Å². The predicted molar refractivity (Wildman–Crippen MR) is 101 cm³/mol. The lowest BCUT2D eigenvalue weighted by Crippen LogP contribution is -2.44. The number of aromatic nitrogens is 4. The second-order valence-corrected chi connectivity index (χ2v) is 6.44. The molecule has 2 rings (SSSR count). The van der Waals surface area contributed by atoms with Crippen molar-refractivity contribution in [1.82, 2.24) is 25.3 Å². The molecule has 0 aromatic carbocycles. The molecular weight excluding hydrogens is 374 g/mol. The number of nitrogens with zero attached hydrogens (tertiary/aromatic N) is 3. The van der Waals surface area contributed by atoms with Gasteiger partial charge in [0.1, 0.15) is 11.6 Å². The highest BCUT2D eigenvalue weighted by Crippen LogP contribution is 2.18. The van der Waals surface area contributed by atoms with Gasteiger partial charge in [0.2, 0.25) is 17.8 Å². The number of esters is 1. The summed E-state index contributed by atoms with van der Waals surface area (Å²) in [5.41, 5.74) is 0.827. The third-order valence-corrected chi connectivity index (χ3v) is 4.07. The van der Waals surface area contributed by atoms with E-state index in [9.17, 15) is 14.4 Å². The number of fused-ring (bicyclic) bond motifs is 1. The van der Waals surface area contributed by atoms with Crippen molar-refractivity contribution in [2.24, 2.45) is 0 Å². The highest BCUT2D eigenvalue weighted by molar-refractivity contribution is 7.98. The van der Waals surface area contributed by atoms with Crippen LogP contribution in [0.2, 0.25) is 0 Å². The van der Waals surface area contributed by atoms with Crippen LogP contribution >= 0.6 is 11.8 Å². The largest absolute Gasteiger partial charge is 0.467 e. The molecule has 27 heavy (non-hydrogen) atoms. The average molecular weight is 395 g/mol. The number of ether oxygens (including phenoxy) is 1. The number of imidazole rings is 1. The molecule has 2 amide bonds. The molecule has 0 saturated carbocycles. The van der Waals surface area contributed by atoms with E-state index in [4.69, 9.17) is 4.74 Å². The summed E-state index contributed by atoms with van der Waals surface area (Å²) in [6.45, 7) is 1.19. The molecule has 2 aromatic rings. The van der Waals surface area contributed by atoms with Gasteiger partial charge in [-0.3, -0.25) is 14.9 Å². The molecule has 0 saturated heterocycles. The molecule has 0 fully saturated rings. The van der Waals surface area contributed by atoms with E-state index >= 15 is 0 Å². The van der Waals surface area contributed by atoms with Gasteiger partial charge in [-0.15, -0.1) is 0 Å². The van der Waals surface area contributed by atoms with E-state index in [-0.39, 0.29) is 18.4 Å². The zero-order chi connectivity index (χ0) is 19.8.